The highest BCUT2D eigenvalue weighted by atomic mass is 16.5. The van der Waals surface area contributed by atoms with Crippen molar-refractivity contribution in [2.24, 2.45) is 0 Å². The molecule has 2 heterocycles. The molecule has 0 bridgehead atoms. The fraction of sp³-hybridized carbons (Fsp3) is 0.500. The molecule has 0 atom stereocenters. The van der Waals surface area contributed by atoms with Gasteiger partial charge in [0, 0.05) is 23.3 Å². The van der Waals surface area contributed by atoms with E-state index in [0.717, 1.165) is 18.4 Å². The van der Waals surface area contributed by atoms with Crippen molar-refractivity contribution in [3.63, 3.8) is 0 Å². The Morgan fingerprint density at radius 2 is 1.67 bits per heavy atom. The van der Waals surface area contributed by atoms with E-state index in [0.29, 0.717) is 63.3 Å². The predicted octanol–water partition coefficient (Wildman–Crippen LogP) is 4.78. The van der Waals surface area contributed by atoms with E-state index in [4.69, 9.17) is 23.4 Å². The zero-order valence-electron chi connectivity index (χ0n) is 20.4. The molecule has 0 radical (unpaired) electrons. The quantitative estimate of drug-likeness (QED) is 0.534. The van der Waals surface area contributed by atoms with Crippen LogP contribution in [0.3, 0.4) is 0 Å². The molecule has 7 nitrogen and oxygen atoms in total. The molecule has 0 amide bonds. The van der Waals surface area contributed by atoms with Gasteiger partial charge in [-0.05, 0) is 53.4 Å². The Balaban J connectivity index is 2.12. The highest BCUT2D eigenvalue weighted by Gasteiger charge is 2.33. The smallest absolute Gasteiger partial charge is 0.204 e. The average Bonchev–Trinajstić information content (AvgIpc) is 2.74. The van der Waals surface area contributed by atoms with E-state index in [-0.39, 0.29) is 5.43 Å². The Bertz CT molecular complexity index is 1280. The molecule has 178 valence electrons. The molecule has 0 saturated heterocycles. The van der Waals surface area contributed by atoms with Gasteiger partial charge < -0.3 is 28.5 Å². The minimum atomic E-state index is -0.920. The Morgan fingerprint density at radius 1 is 1.03 bits per heavy atom. The van der Waals surface area contributed by atoms with Crippen molar-refractivity contribution in [3.05, 3.63) is 33.5 Å². The van der Waals surface area contributed by atoms with Crippen LogP contribution in [-0.4, -0.2) is 37.6 Å². The van der Waals surface area contributed by atoms with Crippen molar-refractivity contribution in [1.82, 2.24) is 0 Å². The fourth-order valence-electron chi connectivity index (χ4n) is 4.52. The maximum Gasteiger partial charge on any atom is 0.204 e. The van der Waals surface area contributed by atoms with Crippen LogP contribution >= 0.6 is 0 Å². The van der Waals surface area contributed by atoms with Gasteiger partial charge in [-0.15, -0.1) is 0 Å². The lowest BCUT2D eigenvalue weighted by molar-refractivity contribution is 0.0713. The third-order valence-electron chi connectivity index (χ3n) is 6.28. The van der Waals surface area contributed by atoms with E-state index in [9.17, 15) is 9.90 Å². The maximum absolute atomic E-state index is 14.0. The Labute approximate surface area is 193 Å². The second-order valence-electron chi connectivity index (χ2n) is 9.83. The standard InChI is InChI=1S/C26H32O7/c1-25(2,28)10-8-15-20-17(13-19(30-6)23(15)31-7)32-18-12-16(29-5)14-9-11-26(3,4)33-24(14)21(18)22(20)27/h12-13,28H,8-11H2,1-7H3. The van der Waals surface area contributed by atoms with Gasteiger partial charge in [-0.25, -0.2) is 0 Å². The topological polar surface area (TPSA) is 87.4 Å². The zero-order valence-corrected chi connectivity index (χ0v) is 20.4. The molecule has 2 aromatic carbocycles. The first-order valence-corrected chi connectivity index (χ1v) is 11.2. The number of aryl methyl sites for hydroxylation is 1. The van der Waals surface area contributed by atoms with Crippen LogP contribution in [0.25, 0.3) is 21.9 Å². The van der Waals surface area contributed by atoms with Crippen LogP contribution in [-0.2, 0) is 12.8 Å². The van der Waals surface area contributed by atoms with E-state index in [1.165, 1.54) is 14.2 Å². The predicted molar refractivity (Wildman–Crippen MR) is 127 cm³/mol. The second-order valence-corrected chi connectivity index (χ2v) is 9.83. The summed E-state index contributed by atoms with van der Waals surface area (Å²) in [4.78, 5) is 14.0. The number of methoxy groups -OCH3 is 3. The first-order valence-electron chi connectivity index (χ1n) is 11.2. The van der Waals surface area contributed by atoms with E-state index in [2.05, 4.69) is 0 Å². The normalized spacial score (nSPS) is 15.3. The molecule has 1 aromatic heterocycles. The highest BCUT2D eigenvalue weighted by Crippen LogP contribution is 2.45. The van der Waals surface area contributed by atoms with Gasteiger partial charge >= 0.3 is 0 Å². The Hall–Kier alpha value is -2.93. The van der Waals surface area contributed by atoms with E-state index >= 15 is 0 Å². The number of fused-ring (bicyclic) bond motifs is 4. The van der Waals surface area contributed by atoms with Gasteiger partial charge in [-0.3, -0.25) is 4.79 Å². The molecule has 0 saturated carbocycles. The largest absolute Gasteiger partial charge is 0.496 e. The van der Waals surface area contributed by atoms with Crippen molar-refractivity contribution >= 4 is 21.9 Å². The molecule has 0 spiro atoms. The fourth-order valence-corrected chi connectivity index (χ4v) is 4.52. The minimum Gasteiger partial charge on any atom is -0.496 e. The number of hydrogen-bond acceptors (Lipinski definition) is 7. The number of aliphatic hydroxyl groups is 1. The van der Waals surface area contributed by atoms with E-state index in [1.807, 2.05) is 13.8 Å². The number of ether oxygens (including phenoxy) is 4. The van der Waals surface area contributed by atoms with E-state index < -0.39 is 11.2 Å². The minimum absolute atomic E-state index is 0.199. The summed E-state index contributed by atoms with van der Waals surface area (Å²) in [6.07, 6.45) is 2.37. The van der Waals surface area contributed by atoms with Gasteiger partial charge in [0.25, 0.3) is 0 Å². The summed E-state index contributed by atoms with van der Waals surface area (Å²) < 4.78 is 29.4. The van der Waals surface area contributed by atoms with Crippen LogP contribution in [0.4, 0.5) is 0 Å². The summed E-state index contributed by atoms with van der Waals surface area (Å²) in [5.41, 5.74) is 0.745. The van der Waals surface area contributed by atoms with Crippen LogP contribution in [0.1, 0.15) is 51.7 Å². The van der Waals surface area contributed by atoms with Crippen LogP contribution in [0.15, 0.2) is 21.3 Å². The Morgan fingerprint density at radius 3 is 2.27 bits per heavy atom. The summed E-state index contributed by atoms with van der Waals surface area (Å²) in [5.74, 6) is 2.07. The monoisotopic (exact) mass is 456 g/mol. The Kier molecular flexibility index (Phi) is 5.73. The van der Waals surface area contributed by atoms with Crippen LogP contribution in [0.5, 0.6) is 23.0 Å². The van der Waals surface area contributed by atoms with Crippen LogP contribution in [0, 0.1) is 0 Å². The third-order valence-corrected chi connectivity index (χ3v) is 6.28. The van der Waals surface area contributed by atoms with Gasteiger partial charge in [-0.1, -0.05) is 0 Å². The lowest BCUT2D eigenvalue weighted by Gasteiger charge is -2.33. The molecule has 0 fully saturated rings. The first kappa shape index (κ1) is 23.2. The highest BCUT2D eigenvalue weighted by molar-refractivity contribution is 5.98. The molecule has 7 heteroatoms. The van der Waals surface area contributed by atoms with Crippen molar-refractivity contribution in [3.8, 4) is 23.0 Å². The lowest BCUT2D eigenvalue weighted by Crippen LogP contribution is -2.33. The number of hydrogen-bond donors (Lipinski definition) is 1. The van der Waals surface area contributed by atoms with E-state index in [1.54, 1.807) is 33.1 Å². The molecular formula is C26H32O7. The molecule has 33 heavy (non-hydrogen) atoms. The van der Waals surface area contributed by atoms with Gasteiger partial charge in [0.2, 0.25) is 5.43 Å². The molecular weight excluding hydrogens is 424 g/mol. The van der Waals surface area contributed by atoms with Crippen LogP contribution < -0.4 is 24.4 Å². The van der Waals surface area contributed by atoms with Crippen molar-refractivity contribution in [2.45, 2.75) is 64.6 Å². The summed E-state index contributed by atoms with van der Waals surface area (Å²) in [6, 6.07) is 3.42. The first-order chi connectivity index (χ1) is 15.5. The molecule has 1 aliphatic heterocycles. The zero-order chi connectivity index (χ0) is 24.1. The molecule has 0 aliphatic carbocycles. The SMILES string of the molecule is COc1cc2oc3cc(OC)c(OC)c(CCC(C)(C)O)c3c(=O)c2c2c1CCC(C)(C)O2. The summed E-state index contributed by atoms with van der Waals surface area (Å²) >= 11 is 0. The summed E-state index contributed by atoms with van der Waals surface area (Å²) in [6.45, 7) is 7.48. The molecule has 3 aromatic rings. The third kappa shape index (κ3) is 4.10. The second kappa shape index (κ2) is 8.13. The number of benzene rings is 2. The van der Waals surface area contributed by atoms with Crippen molar-refractivity contribution in [1.29, 1.82) is 0 Å². The van der Waals surface area contributed by atoms with Crippen LogP contribution in [0.2, 0.25) is 0 Å². The lowest BCUT2D eigenvalue weighted by atomic mass is 9.91. The van der Waals surface area contributed by atoms with Gasteiger partial charge in [-0.2, -0.15) is 0 Å². The van der Waals surface area contributed by atoms with Crippen molar-refractivity contribution in [2.75, 3.05) is 21.3 Å². The molecule has 1 N–H and O–H groups in total. The molecule has 1 aliphatic rings. The maximum atomic E-state index is 14.0. The summed E-state index contributed by atoms with van der Waals surface area (Å²) in [5, 5.41) is 11.1. The van der Waals surface area contributed by atoms with Crippen molar-refractivity contribution < 1.29 is 28.5 Å². The van der Waals surface area contributed by atoms with Gasteiger partial charge in [0.15, 0.2) is 11.5 Å². The molecule has 0 unspecified atom stereocenters. The number of rotatable bonds is 6. The van der Waals surface area contributed by atoms with Gasteiger partial charge in [0.1, 0.15) is 33.7 Å². The summed E-state index contributed by atoms with van der Waals surface area (Å²) in [7, 11) is 4.68. The average molecular weight is 457 g/mol. The molecule has 4 rings (SSSR count). The van der Waals surface area contributed by atoms with Gasteiger partial charge in [0.05, 0.1) is 32.3 Å².